The van der Waals surface area contributed by atoms with Crippen LogP contribution in [0.1, 0.15) is 37.7 Å². The van der Waals surface area contributed by atoms with Crippen molar-refractivity contribution in [2.24, 2.45) is 0 Å². The normalized spacial score (nSPS) is 17.7. The average molecular weight is 204 g/mol. The molecule has 2 heteroatoms. The smallest absolute Gasteiger partial charge is 0.0579 e. The molecule has 0 aliphatic heterocycles. The maximum atomic E-state index is 6.04. The van der Waals surface area contributed by atoms with Crippen molar-refractivity contribution in [2.45, 2.75) is 45.1 Å². The van der Waals surface area contributed by atoms with Crippen molar-refractivity contribution in [3.63, 3.8) is 0 Å². The van der Waals surface area contributed by atoms with Crippen molar-refractivity contribution >= 4 is 11.4 Å². The van der Waals surface area contributed by atoms with Crippen LogP contribution in [0.3, 0.4) is 0 Å². The van der Waals surface area contributed by atoms with Crippen LogP contribution in [-0.2, 0) is 0 Å². The molecular formula is C13H20N2. The summed E-state index contributed by atoms with van der Waals surface area (Å²) in [7, 11) is 0. The maximum Gasteiger partial charge on any atom is 0.0579 e. The van der Waals surface area contributed by atoms with Gasteiger partial charge >= 0.3 is 0 Å². The molecule has 2 rings (SSSR count). The third-order valence-corrected chi connectivity index (χ3v) is 3.29. The molecule has 82 valence electrons. The van der Waals surface area contributed by atoms with Gasteiger partial charge in [-0.1, -0.05) is 31.4 Å². The first kappa shape index (κ1) is 10.3. The third-order valence-electron chi connectivity index (χ3n) is 3.29. The topological polar surface area (TPSA) is 38.0 Å². The number of nitrogens with one attached hydrogen (secondary N) is 1. The second kappa shape index (κ2) is 4.56. The second-order valence-corrected chi connectivity index (χ2v) is 4.52. The van der Waals surface area contributed by atoms with Crippen LogP contribution in [-0.4, -0.2) is 6.04 Å². The van der Waals surface area contributed by atoms with Crippen molar-refractivity contribution in [1.29, 1.82) is 0 Å². The highest BCUT2D eigenvalue weighted by atomic mass is 14.9. The minimum atomic E-state index is 0.628. The summed E-state index contributed by atoms with van der Waals surface area (Å²) in [6.45, 7) is 2.06. The minimum absolute atomic E-state index is 0.628. The lowest BCUT2D eigenvalue weighted by molar-refractivity contribution is 0.463. The molecule has 0 atom stereocenters. The fraction of sp³-hybridized carbons (Fsp3) is 0.538. The first-order valence-corrected chi connectivity index (χ1v) is 5.89. The molecule has 2 nitrogen and oxygen atoms in total. The minimum Gasteiger partial charge on any atom is -0.397 e. The zero-order valence-corrected chi connectivity index (χ0v) is 9.42. The maximum absolute atomic E-state index is 6.04. The quantitative estimate of drug-likeness (QED) is 0.725. The van der Waals surface area contributed by atoms with Gasteiger partial charge in [-0.25, -0.2) is 0 Å². The van der Waals surface area contributed by atoms with Gasteiger partial charge in [0.25, 0.3) is 0 Å². The highest BCUT2D eigenvalue weighted by Crippen LogP contribution is 2.26. The Balaban J connectivity index is 2.06. The standard InChI is InChI=1S/C13H20N2/c1-10-6-5-9-12(13(10)14)15-11-7-3-2-4-8-11/h5-6,9,11,15H,2-4,7-8,14H2,1H3. The number of benzene rings is 1. The molecule has 0 amide bonds. The summed E-state index contributed by atoms with van der Waals surface area (Å²) in [5, 5.41) is 3.56. The summed E-state index contributed by atoms with van der Waals surface area (Å²) < 4.78 is 0. The Morgan fingerprint density at radius 3 is 2.67 bits per heavy atom. The SMILES string of the molecule is Cc1cccc(NC2CCCCC2)c1N. The van der Waals surface area contributed by atoms with Gasteiger partial charge in [0.05, 0.1) is 11.4 Å². The third kappa shape index (κ3) is 2.44. The zero-order chi connectivity index (χ0) is 10.7. The molecule has 1 aliphatic carbocycles. The lowest BCUT2D eigenvalue weighted by atomic mass is 9.95. The first-order chi connectivity index (χ1) is 7.27. The number of para-hydroxylation sites is 1. The lowest BCUT2D eigenvalue weighted by Gasteiger charge is -2.24. The van der Waals surface area contributed by atoms with E-state index >= 15 is 0 Å². The highest BCUT2D eigenvalue weighted by molar-refractivity contribution is 5.69. The van der Waals surface area contributed by atoms with E-state index < -0.39 is 0 Å². The van der Waals surface area contributed by atoms with Gasteiger partial charge < -0.3 is 11.1 Å². The fourth-order valence-corrected chi connectivity index (χ4v) is 2.27. The number of rotatable bonds is 2. The highest BCUT2D eigenvalue weighted by Gasteiger charge is 2.13. The molecule has 0 unspecified atom stereocenters. The number of aryl methyl sites for hydroxylation is 1. The van der Waals surface area contributed by atoms with Gasteiger partial charge in [-0.3, -0.25) is 0 Å². The van der Waals surface area contributed by atoms with E-state index in [0.29, 0.717) is 6.04 Å². The second-order valence-electron chi connectivity index (χ2n) is 4.52. The van der Waals surface area contributed by atoms with Crippen LogP contribution in [0, 0.1) is 6.92 Å². The van der Waals surface area contributed by atoms with E-state index in [-0.39, 0.29) is 0 Å². The number of anilines is 2. The molecule has 0 spiro atoms. The monoisotopic (exact) mass is 204 g/mol. The van der Waals surface area contributed by atoms with Gasteiger partial charge in [0.1, 0.15) is 0 Å². The van der Waals surface area contributed by atoms with Crippen molar-refractivity contribution in [2.75, 3.05) is 11.1 Å². The van der Waals surface area contributed by atoms with Gasteiger partial charge in [0.15, 0.2) is 0 Å². The van der Waals surface area contributed by atoms with Crippen LogP contribution in [0.15, 0.2) is 18.2 Å². The van der Waals surface area contributed by atoms with Crippen LogP contribution in [0.2, 0.25) is 0 Å². The molecule has 0 saturated heterocycles. The number of nitrogens with two attached hydrogens (primary N) is 1. The Kier molecular flexibility index (Phi) is 3.14. The van der Waals surface area contributed by atoms with E-state index in [0.717, 1.165) is 16.9 Å². The summed E-state index contributed by atoms with van der Waals surface area (Å²) in [4.78, 5) is 0. The Morgan fingerprint density at radius 1 is 1.20 bits per heavy atom. The van der Waals surface area contributed by atoms with Crippen LogP contribution >= 0.6 is 0 Å². The molecule has 0 bridgehead atoms. The lowest BCUT2D eigenvalue weighted by Crippen LogP contribution is -2.22. The number of nitrogen functional groups attached to an aromatic ring is 1. The van der Waals surface area contributed by atoms with Crippen molar-refractivity contribution < 1.29 is 0 Å². The Labute approximate surface area is 91.9 Å². The van der Waals surface area contributed by atoms with Crippen molar-refractivity contribution in [1.82, 2.24) is 0 Å². The fourth-order valence-electron chi connectivity index (χ4n) is 2.27. The average Bonchev–Trinajstić information content (AvgIpc) is 2.26. The molecule has 1 aliphatic rings. The molecule has 3 N–H and O–H groups in total. The molecule has 15 heavy (non-hydrogen) atoms. The van der Waals surface area contributed by atoms with Crippen LogP contribution < -0.4 is 11.1 Å². The van der Waals surface area contributed by atoms with E-state index in [1.807, 2.05) is 0 Å². The van der Waals surface area contributed by atoms with Gasteiger partial charge in [-0.05, 0) is 31.4 Å². The summed E-state index contributed by atoms with van der Waals surface area (Å²) in [5.74, 6) is 0. The molecule has 0 aromatic heterocycles. The van der Waals surface area contributed by atoms with Gasteiger partial charge in [0.2, 0.25) is 0 Å². The van der Waals surface area contributed by atoms with E-state index in [2.05, 4.69) is 30.4 Å². The summed E-state index contributed by atoms with van der Waals surface area (Å²) in [6, 6.07) is 6.83. The zero-order valence-electron chi connectivity index (χ0n) is 9.42. The summed E-state index contributed by atoms with van der Waals surface area (Å²) in [6.07, 6.45) is 6.66. The largest absolute Gasteiger partial charge is 0.397 e. The molecule has 0 radical (unpaired) electrons. The van der Waals surface area contributed by atoms with Crippen LogP contribution in [0.25, 0.3) is 0 Å². The van der Waals surface area contributed by atoms with E-state index in [1.54, 1.807) is 0 Å². The Morgan fingerprint density at radius 2 is 1.93 bits per heavy atom. The molecule has 1 aromatic rings. The predicted octanol–water partition coefficient (Wildman–Crippen LogP) is 3.32. The molecule has 1 aromatic carbocycles. The summed E-state index contributed by atoms with van der Waals surface area (Å²) >= 11 is 0. The van der Waals surface area contributed by atoms with E-state index in [9.17, 15) is 0 Å². The van der Waals surface area contributed by atoms with Crippen molar-refractivity contribution in [3.8, 4) is 0 Å². The molecule has 0 heterocycles. The number of hydrogen-bond acceptors (Lipinski definition) is 2. The number of hydrogen-bond donors (Lipinski definition) is 2. The molecule has 1 fully saturated rings. The van der Waals surface area contributed by atoms with Crippen LogP contribution in [0.5, 0.6) is 0 Å². The molecule has 1 saturated carbocycles. The Hall–Kier alpha value is -1.18. The predicted molar refractivity (Wildman–Crippen MR) is 66.1 cm³/mol. The first-order valence-electron chi connectivity index (χ1n) is 5.89. The Bertz CT molecular complexity index is 327. The summed E-state index contributed by atoms with van der Waals surface area (Å²) in [5.41, 5.74) is 9.22. The van der Waals surface area contributed by atoms with E-state index in [4.69, 9.17) is 5.73 Å². The van der Waals surface area contributed by atoms with Gasteiger partial charge in [-0.2, -0.15) is 0 Å². The van der Waals surface area contributed by atoms with Gasteiger partial charge in [-0.15, -0.1) is 0 Å². The van der Waals surface area contributed by atoms with Gasteiger partial charge in [0, 0.05) is 6.04 Å². The van der Waals surface area contributed by atoms with Crippen molar-refractivity contribution in [3.05, 3.63) is 23.8 Å². The van der Waals surface area contributed by atoms with Crippen LogP contribution in [0.4, 0.5) is 11.4 Å². The molecular weight excluding hydrogens is 184 g/mol. The van der Waals surface area contributed by atoms with E-state index in [1.165, 1.54) is 32.1 Å².